The zero-order chi connectivity index (χ0) is 14.8. The van der Waals surface area contributed by atoms with E-state index in [1.54, 1.807) is 11.3 Å². The van der Waals surface area contributed by atoms with E-state index in [0.717, 1.165) is 50.6 Å². The molecular weight excluding hydrogens is 284 g/mol. The Morgan fingerprint density at radius 3 is 3.10 bits per heavy atom. The molecule has 5 heteroatoms. The fourth-order valence-corrected chi connectivity index (χ4v) is 4.43. The molecular formula is C16H22N2O2S. The Bertz CT molecular complexity index is 552. The molecule has 0 radical (unpaired) electrons. The van der Waals surface area contributed by atoms with Crippen molar-refractivity contribution in [2.75, 3.05) is 6.54 Å². The number of nitrogens with one attached hydrogen (secondary N) is 2. The quantitative estimate of drug-likeness (QED) is 0.880. The molecule has 0 saturated carbocycles. The van der Waals surface area contributed by atoms with Crippen LogP contribution in [0.4, 0.5) is 0 Å². The normalized spacial score (nSPS) is 25.7. The molecule has 3 rings (SSSR count). The summed E-state index contributed by atoms with van der Waals surface area (Å²) in [6, 6.07) is -0.377. The van der Waals surface area contributed by atoms with Gasteiger partial charge in [0.1, 0.15) is 6.04 Å². The number of carbonyl (C=O) groups is 2. The molecule has 0 bridgehead atoms. The summed E-state index contributed by atoms with van der Waals surface area (Å²) in [7, 11) is 0. The second kappa shape index (κ2) is 6.18. The van der Waals surface area contributed by atoms with Crippen LogP contribution in [0.15, 0.2) is 5.38 Å². The second-order valence-corrected chi connectivity index (χ2v) is 7.18. The predicted molar refractivity (Wildman–Crippen MR) is 83.6 cm³/mol. The average Bonchev–Trinajstić information content (AvgIpc) is 2.77. The molecule has 4 nitrogen and oxygen atoms in total. The van der Waals surface area contributed by atoms with Crippen LogP contribution in [0.1, 0.15) is 53.4 Å². The first kappa shape index (κ1) is 14.6. The fourth-order valence-electron chi connectivity index (χ4n) is 3.18. The lowest BCUT2D eigenvalue weighted by Crippen LogP contribution is -2.45. The SMILES string of the molecule is C[C@@H]1CCc2c(C(=O)N[C@H]3CCCCNC3=O)csc2C1. The number of amides is 2. The highest BCUT2D eigenvalue weighted by molar-refractivity contribution is 7.10. The molecule has 2 amide bonds. The Labute approximate surface area is 129 Å². The van der Waals surface area contributed by atoms with E-state index in [-0.39, 0.29) is 17.9 Å². The Morgan fingerprint density at radius 1 is 1.38 bits per heavy atom. The Balaban J connectivity index is 1.72. The van der Waals surface area contributed by atoms with E-state index in [1.165, 1.54) is 10.4 Å². The van der Waals surface area contributed by atoms with Crippen LogP contribution in [0.5, 0.6) is 0 Å². The van der Waals surface area contributed by atoms with E-state index < -0.39 is 0 Å². The van der Waals surface area contributed by atoms with Gasteiger partial charge in [0.25, 0.3) is 5.91 Å². The molecule has 0 aromatic carbocycles. The summed E-state index contributed by atoms with van der Waals surface area (Å²) < 4.78 is 0. The molecule has 21 heavy (non-hydrogen) atoms. The van der Waals surface area contributed by atoms with Crippen LogP contribution >= 0.6 is 11.3 Å². The van der Waals surface area contributed by atoms with Crippen molar-refractivity contribution >= 4 is 23.2 Å². The van der Waals surface area contributed by atoms with Crippen LogP contribution in [0.3, 0.4) is 0 Å². The van der Waals surface area contributed by atoms with Gasteiger partial charge in [0.15, 0.2) is 0 Å². The highest BCUT2D eigenvalue weighted by Gasteiger charge is 2.27. The Kier molecular flexibility index (Phi) is 4.29. The third kappa shape index (κ3) is 3.12. The van der Waals surface area contributed by atoms with E-state index in [0.29, 0.717) is 5.92 Å². The highest BCUT2D eigenvalue weighted by atomic mass is 32.1. The predicted octanol–water partition coefficient (Wildman–Crippen LogP) is 2.27. The molecule has 0 spiro atoms. The van der Waals surface area contributed by atoms with Crippen molar-refractivity contribution < 1.29 is 9.59 Å². The number of rotatable bonds is 2. The van der Waals surface area contributed by atoms with Crippen molar-refractivity contribution in [3.05, 3.63) is 21.4 Å². The van der Waals surface area contributed by atoms with Crippen LogP contribution in [0.25, 0.3) is 0 Å². The number of hydrogen-bond acceptors (Lipinski definition) is 3. The van der Waals surface area contributed by atoms with Gasteiger partial charge in [-0.2, -0.15) is 0 Å². The lowest BCUT2D eigenvalue weighted by Gasteiger charge is -2.20. The zero-order valence-electron chi connectivity index (χ0n) is 12.4. The van der Waals surface area contributed by atoms with Gasteiger partial charge in [0.2, 0.25) is 5.91 Å². The molecule has 2 N–H and O–H groups in total. The monoisotopic (exact) mass is 306 g/mol. The lowest BCUT2D eigenvalue weighted by atomic mass is 9.88. The van der Waals surface area contributed by atoms with Crippen molar-refractivity contribution in [3.8, 4) is 0 Å². The smallest absolute Gasteiger partial charge is 0.253 e. The number of hydrogen-bond donors (Lipinski definition) is 2. The largest absolute Gasteiger partial charge is 0.354 e. The third-order valence-electron chi connectivity index (χ3n) is 4.49. The Hall–Kier alpha value is -1.36. The van der Waals surface area contributed by atoms with Crippen LogP contribution in [0.2, 0.25) is 0 Å². The average molecular weight is 306 g/mol. The summed E-state index contributed by atoms with van der Waals surface area (Å²) in [5, 5.41) is 7.76. The van der Waals surface area contributed by atoms with Gasteiger partial charge < -0.3 is 10.6 Å². The van der Waals surface area contributed by atoms with E-state index in [2.05, 4.69) is 17.6 Å². The van der Waals surface area contributed by atoms with Crippen molar-refractivity contribution in [2.45, 2.75) is 51.5 Å². The topological polar surface area (TPSA) is 58.2 Å². The number of fused-ring (bicyclic) bond motifs is 1. The maximum absolute atomic E-state index is 12.5. The van der Waals surface area contributed by atoms with Crippen molar-refractivity contribution in [2.24, 2.45) is 5.92 Å². The van der Waals surface area contributed by atoms with Gasteiger partial charge in [-0.15, -0.1) is 11.3 Å². The minimum absolute atomic E-state index is 0.0430. The summed E-state index contributed by atoms with van der Waals surface area (Å²) in [6.45, 7) is 2.98. The second-order valence-electron chi connectivity index (χ2n) is 6.21. The van der Waals surface area contributed by atoms with E-state index in [4.69, 9.17) is 0 Å². The van der Waals surface area contributed by atoms with Crippen LogP contribution < -0.4 is 10.6 Å². The van der Waals surface area contributed by atoms with Gasteiger partial charge in [-0.1, -0.05) is 6.92 Å². The summed E-state index contributed by atoms with van der Waals surface area (Å²) >= 11 is 1.69. The molecule has 1 aromatic heterocycles. The minimum Gasteiger partial charge on any atom is -0.354 e. The van der Waals surface area contributed by atoms with Gasteiger partial charge >= 0.3 is 0 Å². The summed E-state index contributed by atoms with van der Waals surface area (Å²) in [6.07, 6.45) is 5.92. The van der Waals surface area contributed by atoms with Crippen molar-refractivity contribution in [1.29, 1.82) is 0 Å². The van der Waals surface area contributed by atoms with Crippen molar-refractivity contribution in [3.63, 3.8) is 0 Å². The van der Waals surface area contributed by atoms with Crippen molar-refractivity contribution in [1.82, 2.24) is 10.6 Å². The van der Waals surface area contributed by atoms with Gasteiger partial charge in [-0.25, -0.2) is 0 Å². The maximum atomic E-state index is 12.5. The van der Waals surface area contributed by atoms with E-state index in [1.807, 2.05) is 5.38 Å². The molecule has 2 aliphatic rings. The zero-order valence-corrected chi connectivity index (χ0v) is 13.2. The first-order chi connectivity index (χ1) is 10.1. The van der Waals surface area contributed by atoms with Crippen LogP contribution in [-0.2, 0) is 17.6 Å². The molecule has 0 unspecified atom stereocenters. The maximum Gasteiger partial charge on any atom is 0.253 e. The highest BCUT2D eigenvalue weighted by Crippen LogP contribution is 2.32. The number of thiophene rings is 1. The van der Waals surface area contributed by atoms with Crippen LogP contribution in [0, 0.1) is 5.92 Å². The third-order valence-corrected chi connectivity index (χ3v) is 5.54. The molecule has 1 fully saturated rings. The summed E-state index contributed by atoms with van der Waals surface area (Å²) in [5.74, 6) is 0.586. The van der Waals surface area contributed by atoms with E-state index >= 15 is 0 Å². The lowest BCUT2D eigenvalue weighted by molar-refractivity contribution is -0.122. The molecule has 1 saturated heterocycles. The van der Waals surface area contributed by atoms with E-state index in [9.17, 15) is 9.59 Å². The molecule has 2 atom stereocenters. The summed E-state index contributed by atoms with van der Waals surface area (Å²) in [5.41, 5.74) is 2.00. The number of carbonyl (C=O) groups excluding carboxylic acids is 2. The first-order valence-corrected chi connectivity index (χ1v) is 8.71. The fraction of sp³-hybridized carbons (Fsp3) is 0.625. The first-order valence-electron chi connectivity index (χ1n) is 7.83. The van der Waals surface area contributed by atoms with Gasteiger partial charge in [-0.3, -0.25) is 9.59 Å². The van der Waals surface area contributed by atoms with Gasteiger partial charge in [-0.05, 0) is 50.0 Å². The molecule has 1 aromatic rings. The van der Waals surface area contributed by atoms with Crippen LogP contribution in [-0.4, -0.2) is 24.4 Å². The molecule has 2 heterocycles. The minimum atomic E-state index is -0.377. The standard InChI is InChI=1S/C16H22N2O2S/c1-10-5-6-11-12(9-21-14(11)8-10)15(19)18-13-4-2-3-7-17-16(13)20/h9-10,13H,2-8H2,1H3,(H,17,20)(H,18,19)/t10-,13+/m1/s1. The molecule has 1 aliphatic heterocycles. The summed E-state index contributed by atoms with van der Waals surface area (Å²) in [4.78, 5) is 25.8. The molecule has 1 aliphatic carbocycles. The molecule has 114 valence electrons. The van der Waals surface area contributed by atoms with Gasteiger partial charge in [0, 0.05) is 16.8 Å². The van der Waals surface area contributed by atoms with Gasteiger partial charge in [0.05, 0.1) is 5.56 Å². The Morgan fingerprint density at radius 2 is 2.24 bits per heavy atom.